The number of carbonyl (C=O) groups excluding carboxylic acids is 3. The Labute approximate surface area is 213 Å². The smallest absolute Gasteiger partial charge is 0.335 e. The molecule has 1 aliphatic heterocycles. The van der Waals surface area contributed by atoms with E-state index < -0.39 is 17.8 Å². The number of nitrogens with one attached hydrogen (secondary N) is 1. The molecule has 1 N–H and O–H groups in total. The number of hydrogen-bond donors (Lipinski definition) is 1. The molecule has 3 aromatic rings. The largest absolute Gasteiger partial charge is 0.494 e. The highest BCUT2D eigenvalue weighted by Gasteiger charge is 2.37. The summed E-state index contributed by atoms with van der Waals surface area (Å²) in [4.78, 5) is 39.3. The Kier molecular flexibility index (Phi) is 7.24. The van der Waals surface area contributed by atoms with Crippen LogP contribution in [0.1, 0.15) is 29.2 Å². The number of aryl methyl sites for hydroxylation is 1. The summed E-state index contributed by atoms with van der Waals surface area (Å²) in [6.07, 6.45) is 1.85. The number of anilines is 1. The molecule has 0 saturated carbocycles. The van der Waals surface area contributed by atoms with Crippen molar-refractivity contribution in [1.29, 1.82) is 0 Å². The van der Waals surface area contributed by atoms with Gasteiger partial charge in [0.25, 0.3) is 11.8 Å². The Morgan fingerprint density at radius 2 is 1.69 bits per heavy atom. The molecule has 0 bridgehead atoms. The highest BCUT2D eigenvalue weighted by molar-refractivity contribution is 6.39. The summed E-state index contributed by atoms with van der Waals surface area (Å²) in [5.41, 5.74) is 3.04. The van der Waals surface area contributed by atoms with Gasteiger partial charge in [-0.05, 0) is 60.9 Å². The van der Waals surface area contributed by atoms with Crippen molar-refractivity contribution in [1.82, 2.24) is 5.32 Å². The maximum Gasteiger partial charge on any atom is 0.335 e. The van der Waals surface area contributed by atoms with Gasteiger partial charge in [-0.2, -0.15) is 0 Å². The zero-order chi connectivity index (χ0) is 25.1. The average Bonchev–Trinajstić information content (AvgIpc) is 2.81. The number of rotatable bonds is 6. The van der Waals surface area contributed by atoms with Gasteiger partial charge in [-0.15, -0.1) is 0 Å². The van der Waals surface area contributed by atoms with Gasteiger partial charge in [-0.3, -0.25) is 14.9 Å². The first-order chi connectivity index (χ1) is 16.8. The van der Waals surface area contributed by atoms with Crippen LogP contribution in [0, 0.1) is 6.92 Å². The molecular formula is C27H22Cl2N2O4. The van der Waals surface area contributed by atoms with Gasteiger partial charge in [0.05, 0.1) is 12.3 Å². The third-order valence-electron chi connectivity index (χ3n) is 5.57. The predicted molar refractivity (Wildman–Crippen MR) is 137 cm³/mol. The predicted octanol–water partition coefficient (Wildman–Crippen LogP) is 5.96. The fourth-order valence-electron chi connectivity index (χ4n) is 3.86. The van der Waals surface area contributed by atoms with Gasteiger partial charge in [0.1, 0.15) is 11.3 Å². The highest BCUT2D eigenvalue weighted by atomic mass is 35.5. The number of barbiturate groups is 1. The first-order valence-electron chi connectivity index (χ1n) is 11.0. The molecule has 4 amide bonds. The molecule has 3 aromatic carbocycles. The second-order valence-corrected chi connectivity index (χ2v) is 8.74. The Balaban J connectivity index is 1.74. The lowest BCUT2D eigenvalue weighted by Crippen LogP contribution is -2.54. The van der Waals surface area contributed by atoms with Gasteiger partial charge in [-0.1, -0.05) is 59.6 Å². The summed E-state index contributed by atoms with van der Waals surface area (Å²) in [5, 5.41) is 3.26. The van der Waals surface area contributed by atoms with Crippen LogP contribution in [0.25, 0.3) is 6.08 Å². The Morgan fingerprint density at radius 1 is 0.971 bits per heavy atom. The number of ether oxygens (including phenoxy) is 1. The molecule has 0 spiro atoms. The van der Waals surface area contributed by atoms with Crippen LogP contribution in [0.5, 0.6) is 5.75 Å². The summed E-state index contributed by atoms with van der Waals surface area (Å²) < 4.78 is 5.83. The maximum absolute atomic E-state index is 13.2. The number of benzene rings is 3. The lowest BCUT2D eigenvalue weighted by atomic mass is 10.00. The van der Waals surface area contributed by atoms with Crippen LogP contribution in [0.4, 0.5) is 10.5 Å². The van der Waals surface area contributed by atoms with Crippen LogP contribution in [0.15, 0.2) is 66.2 Å². The Hall–Kier alpha value is -3.61. The minimum absolute atomic E-state index is 0.190. The third kappa shape index (κ3) is 5.09. The van der Waals surface area contributed by atoms with Crippen molar-refractivity contribution in [2.24, 2.45) is 0 Å². The monoisotopic (exact) mass is 508 g/mol. The van der Waals surface area contributed by atoms with Gasteiger partial charge in [0.2, 0.25) is 0 Å². The first-order valence-corrected chi connectivity index (χ1v) is 11.7. The maximum atomic E-state index is 13.2. The van der Waals surface area contributed by atoms with E-state index in [-0.39, 0.29) is 5.57 Å². The summed E-state index contributed by atoms with van der Waals surface area (Å²) in [6.45, 7) is 4.02. The van der Waals surface area contributed by atoms with Crippen LogP contribution >= 0.6 is 23.2 Å². The SMILES string of the molecule is CCOc1cc(/C=C2\C(=O)NC(=O)N(c3ccccc3C)C2=O)cc(Cl)c1Cc1ccccc1Cl. The van der Waals surface area contributed by atoms with E-state index in [1.807, 2.05) is 25.1 Å². The third-order valence-corrected chi connectivity index (χ3v) is 6.28. The second kappa shape index (κ2) is 10.3. The number of urea groups is 1. The van der Waals surface area contributed by atoms with Gasteiger partial charge >= 0.3 is 6.03 Å². The lowest BCUT2D eigenvalue weighted by Gasteiger charge is -2.27. The number of nitrogens with zero attached hydrogens (tertiary/aromatic N) is 1. The second-order valence-electron chi connectivity index (χ2n) is 7.92. The van der Waals surface area contributed by atoms with Crippen molar-refractivity contribution >= 4 is 52.8 Å². The topological polar surface area (TPSA) is 75.7 Å². The number of halogens is 2. The Bertz CT molecular complexity index is 1370. The lowest BCUT2D eigenvalue weighted by molar-refractivity contribution is -0.122. The summed E-state index contributed by atoms with van der Waals surface area (Å²) >= 11 is 13.0. The number of carbonyl (C=O) groups is 3. The molecule has 0 unspecified atom stereocenters. The van der Waals surface area contributed by atoms with Gasteiger partial charge in [0.15, 0.2) is 0 Å². The molecule has 1 aliphatic rings. The van der Waals surface area contributed by atoms with Crippen LogP contribution in [0.3, 0.4) is 0 Å². The van der Waals surface area contributed by atoms with Crippen molar-refractivity contribution in [2.45, 2.75) is 20.3 Å². The first kappa shape index (κ1) is 24.5. The van der Waals surface area contributed by atoms with E-state index in [0.717, 1.165) is 21.6 Å². The molecule has 6 nitrogen and oxygen atoms in total. The van der Waals surface area contributed by atoms with E-state index in [2.05, 4.69) is 5.32 Å². The molecule has 0 aliphatic carbocycles. The average molecular weight is 509 g/mol. The number of amides is 4. The molecule has 4 rings (SSSR count). The summed E-state index contributed by atoms with van der Waals surface area (Å²) in [5.74, 6) is -0.983. The Morgan fingerprint density at radius 3 is 2.40 bits per heavy atom. The quantitative estimate of drug-likeness (QED) is 0.329. The highest BCUT2D eigenvalue weighted by Crippen LogP contribution is 2.34. The van der Waals surface area contributed by atoms with Gasteiger partial charge < -0.3 is 4.74 Å². The summed E-state index contributed by atoms with van der Waals surface area (Å²) in [6, 6.07) is 17.0. The van der Waals surface area contributed by atoms with Gasteiger partial charge in [-0.25, -0.2) is 9.69 Å². The molecule has 0 atom stereocenters. The fourth-order valence-corrected chi connectivity index (χ4v) is 4.35. The number of para-hydroxylation sites is 1. The molecule has 0 radical (unpaired) electrons. The molecule has 1 fully saturated rings. The minimum atomic E-state index is -0.797. The fraction of sp³-hybridized carbons (Fsp3) is 0.148. The van der Waals surface area contributed by atoms with Crippen LogP contribution in [-0.2, 0) is 16.0 Å². The normalized spacial score (nSPS) is 14.9. The number of hydrogen-bond acceptors (Lipinski definition) is 4. The van der Waals surface area contributed by atoms with Crippen molar-refractivity contribution in [3.63, 3.8) is 0 Å². The van der Waals surface area contributed by atoms with E-state index in [9.17, 15) is 14.4 Å². The van der Waals surface area contributed by atoms with Crippen molar-refractivity contribution in [2.75, 3.05) is 11.5 Å². The molecule has 1 heterocycles. The number of imide groups is 2. The van der Waals surface area contributed by atoms with E-state index in [4.69, 9.17) is 27.9 Å². The molecule has 8 heteroatoms. The zero-order valence-electron chi connectivity index (χ0n) is 19.1. The standard InChI is InChI=1S/C27H22Cl2N2O4/c1-3-35-24-14-17(13-22(29)19(24)15-18-9-5-6-10-21(18)28)12-20-25(32)30-27(34)31(26(20)33)23-11-7-4-8-16(23)2/h4-14H,3,15H2,1-2H3,(H,30,32,34)/b20-12+. The molecular weight excluding hydrogens is 487 g/mol. The van der Waals surface area contributed by atoms with E-state index in [1.54, 1.807) is 49.4 Å². The van der Waals surface area contributed by atoms with Gasteiger partial charge in [0, 0.05) is 22.0 Å². The molecule has 0 aromatic heterocycles. The van der Waals surface area contributed by atoms with E-state index >= 15 is 0 Å². The van der Waals surface area contributed by atoms with E-state index in [0.29, 0.717) is 40.1 Å². The van der Waals surface area contributed by atoms with E-state index in [1.165, 1.54) is 6.08 Å². The molecule has 178 valence electrons. The summed E-state index contributed by atoms with van der Waals surface area (Å²) in [7, 11) is 0. The molecule has 1 saturated heterocycles. The van der Waals surface area contributed by atoms with Crippen LogP contribution in [-0.4, -0.2) is 24.5 Å². The minimum Gasteiger partial charge on any atom is -0.494 e. The van der Waals surface area contributed by atoms with Crippen LogP contribution < -0.4 is 15.0 Å². The van der Waals surface area contributed by atoms with Crippen LogP contribution in [0.2, 0.25) is 10.0 Å². The molecule has 35 heavy (non-hydrogen) atoms. The van der Waals surface area contributed by atoms with Crippen molar-refractivity contribution in [3.05, 3.63) is 98.5 Å². The van der Waals surface area contributed by atoms with Crippen molar-refractivity contribution < 1.29 is 19.1 Å². The van der Waals surface area contributed by atoms with Crippen molar-refractivity contribution in [3.8, 4) is 5.75 Å². The zero-order valence-corrected chi connectivity index (χ0v) is 20.6.